The Labute approximate surface area is 151 Å². The van der Waals surface area contributed by atoms with Crippen LogP contribution in [-0.2, 0) is 13.6 Å². The highest BCUT2D eigenvalue weighted by Crippen LogP contribution is 2.27. The topological polar surface area (TPSA) is 79.7 Å². The van der Waals surface area contributed by atoms with Gasteiger partial charge in [-0.2, -0.15) is 5.10 Å². The monoisotopic (exact) mass is 350 g/mol. The molecule has 0 aromatic carbocycles. The van der Waals surface area contributed by atoms with Crippen LogP contribution in [0.4, 0.5) is 0 Å². The van der Waals surface area contributed by atoms with E-state index in [1.54, 1.807) is 12.3 Å². The summed E-state index contributed by atoms with van der Waals surface area (Å²) < 4.78 is 1.83. The normalized spacial score (nSPS) is 16.0. The van der Waals surface area contributed by atoms with Crippen LogP contribution in [-0.4, -0.2) is 42.7 Å². The summed E-state index contributed by atoms with van der Waals surface area (Å²) in [7, 11) is 1.94. The van der Waals surface area contributed by atoms with Gasteiger partial charge in [0.2, 0.25) is 0 Å². The molecule has 0 radical (unpaired) electrons. The van der Waals surface area contributed by atoms with Gasteiger partial charge in [-0.3, -0.25) is 19.4 Å². The predicted octanol–water partition coefficient (Wildman–Crippen LogP) is 1.94. The van der Waals surface area contributed by atoms with Gasteiger partial charge in [-0.05, 0) is 38.1 Å². The lowest BCUT2D eigenvalue weighted by Gasteiger charge is -2.31. The lowest BCUT2D eigenvalue weighted by Crippen LogP contribution is -2.33. The van der Waals surface area contributed by atoms with Crippen LogP contribution in [0.15, 0.2) is 47.7 Å². The van der Waals surface area contributed by atoms with Crippen LogP contribution < -0.4 is 5.56 Å². The quantitative estimate of drug-likeness (QED) is 0.778. The lowest BCUT2D eigenvalue weighted by molar-refractivity contribution is 0.203. The van der Waals surface area contributed by atoms with Gasteiger partial charge in [0.25, 0.3) is 5.56 Å². The van der Waals surface area contributed by atoms with Crippen LogP contribution in [0.5, 0.6) is 0 Å². The second-order valence-electron chi connectivity index (χ2n) is 6.81. The summed E-state index contributed by atoms with van der Waals surface area (Å²) in [5.41, 5.74) is 2.68. The van der Waals surface area contributed by atoms with E-state index in [4.69, 9.17) is 0 Å². The van der Waals surface area contributed by atoms with Crippen molar-refractivity contribution >= 4 is 0 Å². The number of rotatable bonds is 4. The molecule has 4 rings (SSSR count). The first-order valence-corrected chi connectivity index (χ1v) is 8.90. The molecule has 7 heteroatoms. The number of piperidine rings is 1. The van der Waals surface area contributed by atoms with E-state index in [1.165, 1.54) is 5.56 Å². The van der Waals surface area contributed by atoms with Crippen LogP contribution in [0.2, 0.25) is 0 Å². The summed E-state index contributed by atoms with van der Waals surface area (Å²) in [6.45, 7) is 2.91. The third kappa shape index (κ3) is 3.72. The number of nitrogens with zero attached hydrogens (tertiary/aromatic N) is 5. The van der Waals surface area contributed by atoms with Crippen molar-refractivity contribution in [1.82, 2.24) is 29.6 Å². The second-order valence-corrected chi connectivity index (χ2v) is 6.81. The third-order valence-electron chi connectivity index (χ3n) is 4.84. The summed E-state index contributed by atoms with van der Waals surface area (Å²) >= 11 is 0. The molecule has 0 aliphatic carbocycles. The molecule has 134 valence electrons. The smallest absolute Gasteiger partial charge is 0.251 e. The number of likely N-dealkylation sites (tertiary alicyclic amines) is 1. The predicted molar refractivity (Wildman–Crippen MR) is 98.5 cm³/mol. The van der Waals surface area contributed by atoms with E-state index in [0.717, 1.165) is 38.2 Å². The van der Waals surface area contributed by atoms with Gasteiger partial charge in [0.1, 0.15) is 5.69 Å². The Morgan fingerprint density at radius 3 is 2.81 bits per heavy atom. The average molecular weight is 350 g/mol. The third-order valence-corrected chi connectivity index (χ3v) is 4.84. The summed E-state index contributed by atoms with van der Waals surface area (Å²) in [6.07, 6.45) is 7.68. The average Bonchev–Trinajstić information content (AvgIpc) is 3.07. The molecule has 0 amide bonds. The highest BCUT2D eigenvalue weighted by molar-refractivity contribution is 5.48. The number of hydrogen-bond donors (Lipinski definition) is 1. The van der Waals surface area contributed by atoms with Crippen LogP contribution in [0.25, 0.3) is 11.5 Å². The molecule has 1 fully saturated rings. The minimum atomic E-state index is -0.117. The van der Waals surface area contributed by atoms with Crippen molar-refractivity contribution < 1.29 is 0 Å². The molecule has 26 heavy (non-hydrogen) atoms. The fraction of sp³-hybridized carbons (Fsp3) is 0.368. The lowest BCUT2D eigenvalue weighted by atomic mass is 9.93. The fourth-order valence-electron chi connectivity index (χ4n) is 3.51. The van der Waals surface area contributed by atoms with Crippen molar-refractivity contribution in [1.29, 1.82) is 0 Å². The highest BCUT2D eigenvalue weighted by Gasteiger charge is 2.23. The first kappa shape index (κ1) is 16.7. The number of aromatic nitrogens is 5. The first-order valence-electron chi connectivity index (χ1n) is 8.90. The van der Waals surface area contributed by atoms with Crippen LogP contribution in [0.1, 0.15) is 30.0 Å². The molecule has 0 atom stereocenters. The molecule has 0 unspecified atom stereocenters. The second kappa shape index (κ2) is 7.21. The maximum Gasteiger partial charge on any atom is 0.251 e. The number of pyridine rings is 1. The maximum absolute atomic E-state index is 12.1. The van der Waals surface area contributed by atoms with Crippen LogP contribution in [0.3, 0.4) is 0 Å². The molecule has 3 aromatic heterocycles. The molecule has 7 nitrogen and oxygen atoms in total. The Kier molecular flexibility index (Phi) is 4.62. The highest BCUT2D eigenvalue weighted by atomic mass is 16.1. The Balaban J connectivity index is 1.46. The zero-order valence-electron chi connectivity index (χ0n) is 14.8. The van der Waals surface area contributed by atoms with Gasteiger partial charge in [-0.1, -0.05) is 6.07 Å². The van der Waals surface area contributed by atoms with Crippen molar-refractivity contribution in [3.05, 3.63) is 64.5 Å². The molecule has 0 bridgehead atoms. The molecule has 0 spiro atoms. The van der Waals surface area contributed by atoms with Gasteiger partial charge in [0, 0.05) is 43.5 Å². The molecular formula is C19H22N6O. The maximum atomic E-state index is 12.1. The van der Waals surface area contributed by atoms with E-state index in [1.807, 2.05) is 36.1 Å². The minimum Gasteiger partial charge on any atom is -0.305 e. The Bertz CT molecular complexity index is 924. The summed E-state index contributed by atoms with van der Waals surface area (Å²) in [4.78, 5) is 26.3. The van der Waals surface area contributed by atoms with Crippen molar-refractivity contribution in [2.24, 2.45) is 7.05 Å². The summed E-state index contributed by atoms with van der Waals surface area (Å²) in [6, 6.07) is 7.24. The van der Waals surface area contributed by atoms with Crippen molar-refractivity contribution in [3.63, 3.8) is 0 Å². The molecule has 4 heterocycles. The van der Waals surface area contributed by atoms with Gasteiger partial charge in [-0.25, -0.2) is 4.98 Å². The Morgan fingerprint density at radius 1 is 1.27 bits per heavy atom. The molecule has 1 aliphatic heterocycles. The summed E-state index contributed by atoms with van der Waals surface area (Å²) in [5.74, 6) is 0.857. The van der Waals surface area contributed by atoms with Gasteiger partial charge in [-0.15, -0.1) is 0 Å². The number of aryl methyl sites for hydroxylation is 1. The minimum absolute atomic E-state index is 0.117. The SMILES string of the molecule is Cn1cc(CN2CCC(c3cc(=O)[nH]c(-c4ccccn4)n3)CC2)cn1. The van der Waals surface area contributed by atoms with Gasteiger partial charge in [0.05, 0.1) is 11.9 Å². The number of nitrogens with one attached hydrogen (secondary N) is 1. The number of aromatic amines is 1. The fourth-order valence-corrected chi connectivity index (χ4v) is 3.51. The molecule has 1 aliphatic rings. The van der Waals surface area contributed by atoms with E-state index < -0.39 is 0 Å². The van der Waals surface area contributed by atoms with Gasteiger partial charge in [0.15, 0.2) is 5.82 Å². The van der Waals surface area contributed by atoms with Crippen LogP contribution >= 0.6 is 0 Å². The van der Waals surface area contributed by atoms with E-state index in [0.29, 0.717) is 17.4 Å². The van der Waals surface area contributed by atoms with Crippen molar-refractivity contribution in [3.8, 4) is 11.5 Å². The molecular weight excluding hydrogens is 328 g/mol. The van der Waals surface area contributed by atoms with Gasteiger partial charge >= 0.3 is 0 Å². The van der Waals surface area contributed by atoms with Crippen molar-refractivity contribution in [2.45, 2.75) is 25.3 Å². The zero-order valence-corrected chi connectivity index (χ0v) is 14.8. The largest absolute Gasteiger partial charge is 0.305 e. The first-order chi connectivity index (χ1) is 12.7. The van der Waals surface area contributed by atoms with E-state index in [-0.39, 0.29) is 5.56 Å². The van der Waals surface area contributed by atoms with Gasteiger partial charge < -0.3 is 4.98 Å². The Morgan fingerprint density at radius 2 is 2.12 bits per heavy atom. The Hall–Kier alpha value is -2.80. The van der Waals surface area contributed by atoms with E-state index >= 15 is 0 Å². The number of H-pyrrole nitrogens is 1. The molecule has 1 N–H and O–H groups in total. The van der Waals surface area contributed by atoms with Crippen LogP contribution in [0, 0.1) is 0 Å². The molecule has 3 aromatic rings. The van der Waals surface area contributed by atoms with E-state index in [2.05, 4.69) is 31.1 Å². The zero-order chi connectivity index (χ0) is 17.9. The van der Waals surface area contributed by atoms with E-state index in [9.17, 15) is 4.79 Å². The number of hydrogen-bond acceptors (Lipinski definition) is 5. The standard InChI is InChI=1S/C19H22N6O/c1-24-12-14(11-21-24)13-25-8-5-15(6-9-25)17-10-18(26)23-19(22-17)16-4-2-3-7-20-16/h2-4,7,10-12,15H,5-6,8-9,13H2,1H3,(H,22,23,26). The molecule has 0 saturated carbocycles. The summed E-state index contributed by atoms with van der Waals surface area (Å²) in [5, 5.41) is 4.23. The molecule has 1 saturated heterocycles. The van der Waals surface area contributed by atoms with Crippen molar-refractivity contribution in [2.75, 3.05) is 13.1 Å².